The fourth-order valence-corrected chi connectivity index (χ4v) is 3.79. The summed E-state index contributed by atoms with van der Waals surface area (Å²) >= 11 is 0. The number of ether oxygens (including phenoxy) is 1. The third kappa shape index (κ3) is 4.58. The van der Waals surface area contributed by atoms with E-state index in [1.54, 1.807) is 25.1 Å². The standard InChI is InChI=1S/C23H25F3O2/c1-2-28-21-12-11-19(22(25)23(21)26)17-8-5-15(6-9-17)3-4-16-7-10-18(14-27)20(24)13-16/h3-4,7,10-13,15,17,27H,2,5-6,8-9,14H2,1H3. The summed E-state index contributed by atoms with van der Waals surface area (Å²) in [4.78, 5) is 0. The Balaban J connectivity index is 1.62. The zero-order chi connectivity index (χ0) is 20.1. The van der Waals surface area contributed by atoms with E-state index in [0.29, 0.717) is 18.1 Å². The second-order valence-electron chi connectivity index (χ2n) is 7.19. The molecule has 2 aromatic carbocycles. The van der Waals surface area contributed by atoms with Crippen molar-refractivity contribution < 1.29 is 23.0 Å². The van der Waals surface area contributed by atoms with Gasteiger partial charge in [-0.2, -0.15) is 4.39 Å². The van der Waals surface area contributed by atoms with Crippen LogP contribution in [0.3, 0.4) is 0 Å². The highest BCUT2D eigenvalue weighted by Crippen LogP contribution is 2.39. The number of hydrogen-bond acceptors (Lipinski definition) is 2. The second kappa shape index (κ2) is 9.28. The molecular weight excluding hydrogens is 365 g/mol. The normalized spacial score (nSPS) is 19.9. The van der Waals surface area contributed by atoms with Crippen molar-refractivity contribution in [2.75, 3.05) is 6.61 Å². The predicted molar refractivity (Wildman–Crippen MR) is 104 cm³/mol. The number of allylic oxidation sites excluding steroid dienone is 1. The number of hydrogen-bond donors (Lipinski definition) is 1. The molecule has 0 bridgehead atoms. The SMILES string of the molecule is CCOc1ccc(C2CCC(C=Cc3ccc(CO)c(F)c3)CC2)c(F)c1F. The molecule has 0 atom stereocenters. The lowest BCUT2D eigenvalue weighted by Gasteiger charge is -2.27. The van der Waals surface area contributed by atoms with Crippen LogP contribution in [-0.4, -0.2) is 11.7 Å². The maximum atomic E-state index is 14.4. The number of benzene rings is 2. The van der Waals surface area contributed by atoms with Gasteiger partial charge in [0, 0.05) is 5.56 Å². The van der Waals surface area contributed by atoms with Gasteiger partial charge in [-0.05, 0) is 67.7 Å². The minimum atomic E-state index is -0.908. The van der Waals surface area contributed by atoms with Crippen molar-refractivity contribution in [2.45, 2.75) is 45.1 Å². The fraction of sp³-hybridized carbons (Fsp3) is 0.391. The first kappa shape index (κ1) is 20.5. The van der Waals surface area contributed by atoms with Crippen LogP contribution >= 0.6 is 0 Å². The van der Waals surface area contributed by atoms with Crippen molar-refractivity contribution >= 4 is 6.08 Å². The van der Waals surface area contributed by atoms with E-state index < -0.39 is 17.5 Å². The van der Waals surface area contributed by atoms with Gasteiger partial charge < -0.3 is 9.84 Å². The van der Waals surface area contributed by atoms with Gasteiger partial charge in [0.1, 0.15) is 5.82 Å². The summed E-state index contributed by atoms with van der Waals surface area (Å²) in [6.07, 6.45) is 7.22. The summed E-state index contributed by atoms with van der Waals surface area (Å²) < 4.78 is 47.4. The van der Waals surface area contributed by atoms with Crippen LogP contribution in [0.4, 0.5) is 13.2 Å². The molecule has 5 heteroatoms. The number of halogens is 3. The third-order valence-corrected chi connectivity index (χ3v) is 5.40. The average Bonchev–Trinajstić information content (AvgIpc) is 2.71. The van der Waals surface area contributed by atoms with Crippen LogP contribution in [0, 0.1) is 23.4 Å². The third-order valence-electron chi connectivity index (χ3n) is 5.40. The molecule has 2 nitrogen and oxygen atoms in total. The van der Waals surface area contributed by atoms with E-state index in [1.165, 1.54) is 12.1 Å². The smallest absolute Gasteiger partial charge is 0.200 e. The van der Waals surface area contributed by atoms with E-state index in [4.69, 9.17) is 9.84 Å². The van der Waals surface area contributed by atoms with Crippen molar-refractivity contribution in [1.82, 2.24) is 0 Å². The van der Waals surface area contributed by atoms with E-state index in [-0.39, 0.29) is 23.8 Å². The Labute approximate surface area is 163 Å². The van der Waals surface area contributed by atoms with Gasteiger partial charge in [-0.15, -0.1) is 0 Å². The summed E-state index contributed by atoms with van der Waals surface area (Å²) in [6.45, 7) is 1.71. The molecule has 0 radical (unpaired) electrons. The molecule has 0 aromatic heterocycles. The summed E-state index contributed by atoms with van der Waals surface area (Å²) in [5.41, 5.74) is 1.45. The van der Waals surface area contributed by atoms with Crippen molar-refractivity contribution in [3.63, 3.8) is 0 Å². The maximum Gasteiger partial charge on any atom is 0.200 e. The van der Waals surface area contributed by atoms with E-state index in [1.807, 2.05) is 6.08 Å². The fourth-order valence-electron chi connectivity index (χ4n) is 3.79. The molecular formula is C23H25F3O2. The lowest BCUT2D eigenvalue weighted by molar-refractivity contribution is 0.275. The maximum absolute atomic E-state index is 14.4. The topological polar surface area (TPSA) is 29.5 Å². The molecule has 0 saturated heterocycles. The van der Waals surface area contributed by atoms with Crippen molar-refractivity contribution in [3.8, 4) is 5.75 Å². The molecule has 150 valence electrons. The Hall–Kier alpha value is -2.27. The molecule has 0 spiro atoms. The monoisotopic (exact) mass is 390 g/mol. The predicted octanol–water partition coefficient (Wildman–Crippen LogP) is 5.98. The van der Waals surface area contributed by atoms with Crippen LogP contribution in [0.15, 0.2) is 36.4 Å². The zero-order valence-electron chi connectivity index (χ0n) is 15.9. The summed E-state index contributed by atoms with van der Waals surface area (Å²) in [5, 5.41) is 9.03. The largest absolute Gasteiger partial charge is 0.491 e. The van der Waals surface area contributed by atoms with Crippen LogP contribution in [0.5, 0.6) is 5.75 Å². The molecule has 0 heterocycles. The Morgan fingerprint density at radius 2 is 1.79 bits per heavy atom. The van der Waals surface area contributed by atoms with E-state index in [0.717, 1.165) is 31.2 Å². The number of aliphatic hydroxyl groups is 1. The summed E-state index contributed by atoms with van der Waals surface area (Å²) in [6, 6.07) is 7.90. The molecule has 0 unspecified atom stereocenters. The van der Waals surface area contributed by atoms with Gasteiger partial charge in [0.25, 0.3) is 0 Å². The van der Waals surface area contributed by atoms with Crippen molar-refractivity contribution in [1.29, 1.82) is 0 Å². The summed E-state index contributed by atoms with van der Waals surface area (Å²) in [7, 11) is 0. The number of aliphatic hydroxyl groups excluding tert-OH is 1. The first-order valence-electron chi connectivity index (χ1n) is 9.71. The molecule has 0 amide bonds. The minimum absolute atomic E-state index is 0.00360. The number of rotatable bonds is 6. The van der Waals surface area contributed by atoms with E-state index in [9.17, 15) is 13.2 Å². The molecule has 1 saturated carbocycles. The first-order chi connectivity index (χ1) is 13.5. The van der Waals surface area contributed by atoms with E-state index in [2.05, 4.69) is 6.08 Å². The van der Waals surface area contributed by atoms with E-state index >= 15 is 0 Å². The van der Waals surface area contributed by atoms with Gasteiger partial charge in [0.15, 0.2) is 11.6 Å². The van der Waals surface area contributed by atoms with Gasteiger partial charge in [-0.1, -0.05) is 30.4 Å². The van der Waals surface area contributed by atoms with Gasteiger partial charge in [-0.25, -0.2) is 8.78 Å². The lowest BCUT2D eigenvalue weighted by Crippen LogP contribution is -2.14. The first-order valence-corrected chi connectivity index (χ1v) is 9.71. The highest BCUT2D eigenvalue weighted by molar-refractivity contribution is 5.50. The van der Waals surface area contributed by atoms with Gasteiger partial charge in [0.2, 0.25) is 5.82 Å². The molecule has 1 aliphatic carbocycles. The Kier molecular flexibility index (Phi) is 6.79. The van der Waals surface area contributed by atoms with Gasteiger partial charge >= 0.3 is 0 Å². The van der Waals surface area contributed by atoms with Crippen molar-refractivity contribution in [3.05, 3.63) is 70.5 Å². The molecule has 2 aromatic rings. The lowest BCUT2D eigenvalue weighted by atomic mass is 9.78. The van der Waals surface area contributed by atoms with Crippen molar-refractivity contribution in [2.24, 2.45) is 5.92 Å². The second-order valence-corrected chi connectivity index (χ2v) is 7.19. The molecule has 1 fully saturated rings. The molecule has 1 aliphatic rings. The Morgan fingerprint density at radius 3 is 2.43 bits per heavy atom. The molecule has 0 aliphatic heterocycles. The van der Waals surface area contributed by atoms with Crippen LogP contribution in [0.2, 0.25) is 0 Å². The zero-order valence-corrected chi connectivity index (χ0v) is 15.9. The molecule has 28 heavy (non-hydrogen) atoms. The molecule has 1 N–H and O–H groups in total. The van der Waals surface area contributed by atoms with Crippen LogP contribution in [0.25, 0.3) is 6.08 Å². The van der Waals surface area contributed by atoms with Crippen LogP contribution in [0.1, 0.15) is 55.2 Å². The average molecular weight is 390 g/mol. The van der Waals surface area contributed by atoms with Gasteiger partial charge in [-0.3, -0.25) is 0 Å². The Bertz CT molecular complexity index is 840. The quantitative estimate of drug-likeness (QED) is 0.657. The highest BCUT2D eigenvalue weighted by atomic mass is 19.2. The highest BCUT2D eigenvalue weighted by Gasteiger charge is 2.25. The molecule has 3 rings (SSSR count). The van der Waals surface area contributed by atoms with Gasteiger partial charge in [0.05, 0.1) is 13.2 Å². The Morgan fingerprint density at radius 1 is 1.04 bits per heavy atom. The van der Waals surface area contributed by atoms with Crippen LogP contribution in [-0.2, 0) is 6.61 Å². The summed E-state index contributed by atoms with van der Waals surface area (Å²) in [5.74, 6) is -1.84. The van der Waals surface area contributed by atoms with Crippen LogP contribution < -0.4 is 4.74 Å². The minimum Gasteiger partial charge on any atom is -0.491 e.